The van der Waals surface area contributed by atoms with Crippen molar-refractivity contribution in [2.75, 3.05) is 12.3 Å². The summed E-state index contributed by atoms with van der Waals surface area (Å²) in [4.78, 5) is 16.1. The molecule has 4 nitrogen and oxygen atoms in total. The van der Waals surface area contributed by atoms with E-state index in [0.29, 0.717) is 28.5 Å². The number of rotatable bonds is 4. The van der Waals surface area contributed by atoms with Gasteiger partial charge in [-0.1, -0.05) is 23.7 Å². The summed E-state index contributed by atoms with van der Waals surface area (Å²) in [5, 5.41) is 3.56. The van der Waals surface area contributed by atoms with Gasteiger partial charge in [0.1, 0.15) is 0 Å². The Morgan fingerprint density at radius 2 is 2.20 bits per heavy atom. The van der Waals surface area contributed by atoms with Crippen molar-refractivity contribution >= 4 is 23.2 Å². The van der Waals surface area contributed by atoms with Gasteiger partial charge >= 0.3 is 0 Å². The molecule has 0 atom stereocenters. The molecular formula is C15H16ClN3O. The van der Waals surface area contributed by atoms with E-state index in [1.54, 1.807) is 13.0 Å². The van der Waals surface area contributed by atoms with Crippen LogP contribution in [0.15, 0.2) is 36.5 Å². The van der Waals surface area contributed by atoms with Gasteiger partial charge in [-0.3, -0.25) is 9.78 Å². The van der Waals surface area contributed by atoms with Gasteiger partial charge in [0.15, 0.2) is 0 Å². The number of amides is 1. The summed E-state index contributed by atoms with van der Waals surface area (Å²) in [6.07, 6.45) is 2.26. The maximum Gasteiger partial charge on any atom is 0.253 e. The minimum absolute atomic E-state index is 0.163. The molecule has 1 amide bonds. The number of hydrogen-bond acceptors (Lipinski definition) is 3. The predicted molar refractivity (Wildman–Crippen MR) is 80.9 cm³/mol. The van der Waals surface area contributed by atoms with Gasteiger partial charge in [-0.2, -0.15) is 0 Å². The first-order valence-electron chi connectivity index (χ1n) is 6.31. The molecule has 3 N–H and O–H groups in total. The minimum Gasteiger partial charge on any atom is -0.397 e. The molecule has 1 aromatic carbocycles. The number of nitrogens with one attached hydrogen (secondary N) is 1. The largest absolute Gasteiger partial charge is 0.397 e. The number of carbonyl (C=O) groups excluding carboxylic acids is 1. The van der Waals surface area contributed by atoms with E-state index in [-0.39, 0.29) is 5.91 Å². The second kappa shape index (κ2) is 6.39. The van der Waals surface area contributed by atoms with E-state index in [9.17, 15) is 4.79 Å². The van der Waals surface area contributed by atoms with Crippen molar-refractivity contribution < 1.29 is 4.79 Å². The van der Waals surface area contributed by atoms with Crippen LogP contribution in [0.3, 0.4) is 0 Å². The third-order valence-corrected chi connectivity index (χ3v) is 3.18. The van der Waals surface area contributed by atoms with Crippen molar-refractivity contribution in [1.29, 1.82) is 0 Å². The highest BCUT2D eigenvalue weighted by Gasteiger charge is 2.09. The summed E-state index contributed by atoms with van der Waals surface area (Å²) in [5.41, 5.74) is 8.39. The number of carbonyl (C=O) groups is 1. The first-order valence-corrected chi connectivity index (χ1v) is 6.69. The average Bonchev–Trinajstić information content (AvgIpc) is 2.41. The normalized spacial score (nSPS) is 10.3. The second-order valence-corrected chi connectivity index (χ2v) is 4.97. The monoisotopic (exact) mass is 289 g/mol. The summed E-state index contributed by atoms with van der Waals surface area (Å²) in [6.45, 7) is 2.32. The van der Waals surface area contributed by atoms with Crippen molar-refractivity contribution in [1.82, 2.24) is 10.3 Å². The number of aryl methyl sites for hydroxylation is 1. The highest BCUT2D eigenvalue weighted by atomic mass is 35.5. The maximum absolute atomic E-state index is 12.0. The Labute approximate surface area is 123 Å². The van der Waals surface area contributed by atoms with Crippen molar-refractivity contribution in [2.45, 2.75) is 13.3 Å². The number of benzene rings is 1. The minimum atomic E-state index is -0.163. The molecule has 0 bridgehead atoms. The van der Waals surface area contributed by atoms with Gasteiger partial charge < -0.3 is 11.1 Å². The number of pyridine rings is 1. The molecule has 1 heterocycles. The highest BCUT2D eigenvalue weighted by molar-refractivity contribution is 6.30. The SMILES string of the molecule is Cc1ncc(N)cc1C(=O)NCCc1cccc(Cl)c1. The maximum atomic E-state index is 12.0. The smallest absolute Gasteiger partial charge is 0.253 e. The van der Waals surface area contributed by atoms with E-state index in [0.717, 1.165) is 12.0 Å². The van der Waals surface area contributed by atoms with E-state index >= 15 is 0 Å². The van der Waals surface area contributed by atoms with E-state index in [1.165, 1.54) is 6.20 Å². The van der Waals surface area contributed by atoms with Crippen LogP contribution < -0.4 is 11.1 Å². The summed E-state index contributed by atoms with van der Waals surface area (Å²) in [6, 6.07) is 9.22. The second-order valence-electron chi connectivity index (χ2n) is 4.54. The van der Waals surface area contributed by atoms with E-state index < -0.39 is 0 Å². The Balaban J connectivity index is 1.94. The number of nitrogens with two attached hydrogens (primary N) is 1. The highest BCUT2D eigenvalue weighted by Crippen LogP contribution is 2.11. The molecule has 0 fully saturated rings. The lowest BCUT2D eigenvalue weighted by atomic mass is 10.1. The lowest BCUT2D eigenvalue weighted by molar-refractivity contribution is 0.0953. The molecule has 0 aliphatic heterocycles. The van der Waals surface area contributed by atoms with Crippen LogP contribution >= 0.6 is 11.6 Å². The summed E-state index contributed by atoms with van der Waals surface area (Å²) < 4.78 is 0. The third-order valence-electron chi connectivity index (χ3n) is 2.94. The zero-order valence-electron chi connectivity index (χ0n) is 11.2. The average molecular weight is 290 g/mol. The molecule has 0 aliphatic carbocycles. The van der Waals surface area contributed by atoms with Crippen LogP contribution in [0.25, 0.3) is 0 Å². The van der Waals surface area contributed by atoms with E-state index in [2.05, 4.69) is 10.3 Å². The Morgan fingerprint density at radius 3 is 2.95 bits per heavy atom. The van der Waals surface area contributed by atoms with Crippen LogP contribution in [-0.2, 0) is 6.42 Å². The molecule has 0 saturated carbocycles. The van der Waals surface area contributed by atoms with Gasteiger partial charge in [-0.05, 0) is 37.1 Å². The Morgan fingerprint density at radius 1 is 1.40 bits per heavy atom. The van der Waals surface area contributed by atoms with Crippen LogP contribution in [-0.4, -0.2) is 17.4 Å². The lowest BCUT2D eigenvalue weighted by Gasteiger charge is -2.08. The van der Waals surface area contributed by atoms with Crippen molar-refractivity contribution in [3.05, 3.63) is 58.4 Å². The summed E-state index contributed by atoms with van der Waals surface area (Å²) in [5.74, 6) is -0.163. The fraction of sp³-hybridized carbons (Fsp3) is 0.200. The molecule has 20 heavy (non-hydrogen) atoms. The fourth-order valence-electron chi connectivity index (χ4n) is 1.89. The van der Waals surface area contributed by atoms with Gasteiger partial charge in [0.25, 0.3) is 5.91 Å². The topological polar surface area (TPSA) is 68.0 Å². The van der Waals surface area contributed by atoms with E-state index in [1.807, 2.05) is 24.3 Å². The third kappa shape index (κ3) is 3.71. The molecule has 0 aliphatic rings. The standard InChI is InChI=1S/C15H16ClN3O/c1-10-14(8-13(17)9-19-10)15(20)18-6-5-11-3-2-4-12(16)7-11/h2-4,7-9H,5-6,17H2,1H3,(H,18,20). The first kappa shape index (κ1) is 14.3. The van der Waals surface area contributed by atoms with Gasteiger partial charge in [0, 0.05) is 11.6 Å². The van der Waals surface area contributed by atoms with E-state index in [4.69, 9.17) is 17.3 Å². The fourth-order valence-corrected chi connectivity index (χ4v) is 2.10. The first-order chi connectivity index (χ1) is 9.56. The van der Waals surface area contributed by atoms with Crippen molar-refractivity contribution in [3.8, 4) is 0 Å². The molecule has 0 radical (unpaired) electrons. The number of nitrogen functional groups attached to an aromatic ring is 1. The van der Waals surface area contributed by atoms with Crippen molar-refractivity contribution in [2.24, 2.45) is 0 Å². The number of aromatic nitrogens is 1. The number of anilines is 1. The molecular weight excluding hydrogens is 274 g/mol. The van der Waals surface area contributed by atoms with Crippen LogP contribution in [0.4, 0.5) is 5.69 Å². The molecule has 0 spiro atoms. The lowest BCUT2D eigenvalue weighted by Crippen LogP contribution is -2.26. The van der Waals surface area contributed by atoms with Crippen molar-refractivity contribution in [3.63, 3.8) is 0 Å². The number of hydrogen-bond donors (Lipinski definition) is 2. The van der Waals surface area contributed by atoms with Crippen LogP contribution in [0.5, 0.6) is 0 Å². The van der Waals surface area contributed by atoms with Gasteiger partial charge in [0.2, 0.25) is 0 Å². The summed E-state index contributed by atoms with van der Waals surface area (Å²) in [7, 11) is 0. The molecule has 5 heteroatoms. The quantitative estimate of drug-likeness (QED) is 0.909. The van der Waals surface area contributed by atoms with Crippen LogP contribution in [0.1, 0.15) is 21.6 Å². The molecule has 0 saturated heterocycles. The Bertz CT molecular complexity index is 628. The molecule has 0 unspecified atom stereocenters. The van der Waals surface area contributed by atoms with Gasteiger partial charge in [-0.15, -0.1) is 0 Å². The molecule has 1 aromatic heterocycles. The zero-order chi connectivity index (χ0) is 14.5. The summed E-state index contributed by atoms with van der Waals surface area (Å²) >= 11 is 5.91. The van der Waals surface area contributed by atoms with Crippen LogP contribution in [0, 0.1) is 6.92 Å². The van der Waals surface area contributed by atoms with Gasteiger partial charge in [-0.25, -0.2) is 0 Å². The Hall–Kier alpha value is -2.07. The number of nitrogens with zero attached hydrogens (tertiary/aromatic N) is 1. The Kier molecular flexibility index (Phi) is 4.58. The van der Waals surface area contributed by atoms with Gasteiger partial charge in [0.05, 0.1) is 23.1 Å². The predicted octanol–water partition coefficient (Wildman–Crippen LogP) is 2.60. The molecule has 2 aromatic rings. The molecule has 104 valence electrons. The van der Waals surface area contributed by atoms with Crippen LogP contribution in [0.2, 0.25) is 5.02 Å². The zero-order valence-corrected chi connectivity index (χ0v) is 11.9. The number of halogens is 1. The molecule has 2 rings (SSSR count).